The normalized spacial score (nSPS) is 19.5. The fourth-order valence-corrected chi connectivity index (χ4v) is 2.07. The van der Waals surface area contributed by atoms with Gasteiger partial charge in [0.1, 0.15) is 5.88 Å². The molecule has 0 saturated carbocycles. The highest BCUT2D eigenvalue weighted by Gasteiger charge is 2.23. The second kappa shape index (κ2) is 4.85. The second-order valence-electron chi connectivity index (χ2n) is 4.10. The maximum atomic E-state index is 11.2. The molecule has 1 saturated heterocycles. The molecule has 1 rings (SSSR count). The molecule has 1 aliphatic rings. The average molecular weight is 204 g/mol. The Kier molecular flexibility index (Phi) is 4.04. The Morgan fingerprint density at radius 3 is 2.38 bits per heavy atom. The van der Waals surface area contributed by atoms with E-state index in [-0.39, 0.29) is 11.8 Å². The van der Waals surface area contributed by atoms with Gasteiger partial charge < -0.3 is 4.90 Å². The molecule has 0 spiro atoms. The molecule has 1 heterocycles. The third-order valence-electron chi connectivity index (χ3n) is 2.95. The third-order valence-corrected chi connectivity index (χ3v) is 3.18. The molecular formula is C10H18ClNO. The molecule has 0 aromatic carbocycles. The molecular weight excluding hydrogens is 186 g/mol. The molecule has 0 radical (unpaired) electrons. The molecule has 0 unspecified atom stereocenters. The van der Waals surface area contributed by atoms with Gasteiger partial charge in [-0.2, -0.15) is 0 Å². The van der Waals surface area contributed by atoms with E-state index in [2.05, 4.69) is 13.8 Å². The van der Waals surface area contributed by atoms with Crippen molar-refractivity contribution in [2.45, 2.75) is 26.7 Å². The Morgan fingerprint density at radius 2 is 2.00 bits per heavy atom. The van der Waals surface area contributed by atoms with E-state index in [4.69, 9.17) is 11.6 Å². The monoisotopic (exact) mass is 203 g/mol. The fourth-order valence-electron chi connectivity index (χ4n) is 1.90. The van der Waals surface area contributed by atoms with Crippen LogP contribution in [0.1, 0.15) is 26.7 Å². The van der Waals surface area contributed by atoms with Crippen LogP contribution < -0.4 is 0 Å². The maximum absolute atomic E-state index is 11.2. The quantitative estimate of drug-likeness (QED) is 0.630. The van der Waals surface area contributed by atoms with Crippen molar-refractivity contribution in [2.24, 2.45) is 11.8 Å². The van der Waals surface area contributed by atoms with E-state index in [1.807, 2.05) is 4.90 Å². The van der Waals surface area contributed by atoms with E-state index in [0.717, 1.165) is 37.8 Å². The van der Waals surface area contributed by atoms with Crippen molar-refractivity contribution in [3.8, 4) is 0 Å². The molecule has 0 N–H and O–H groups in total. The first-order valence-corrected chi connectivity index (χ1v) is 5.52. The van der Waals surface area contributed by atoms with Crippen LogP contribution >= 0.6 is 11.6 Å². The molecule has 76 valence electrons. The number of alkyl halides is 1. The van der Waals surface area contributed by atoms with Gasteiger partial charge in [0.05, 0.1) is 0 Å². The fraction of sp³-hybridized carbons (Fsp3) is 0.900. The molecule has 1 aliphatic heterocycles. The van der Waals surface area contributed by atoms with Crippen LogP contribution in [0.2, 0.25) is 0 Å². The van der Waals surface area contributed by atoms with Crippen molar-refractivity contribution in [1.82, 2.24) is 4.90 Å². The topological polar surface area (TPSA) is 20.3 Å². The summed E-state index contributed by atoms with van der Waals surface area (Å²) in [7, 11) is 0. The van der Waals surface area contributed by atoms with Crippen LogP contribution in [0.5, 0.6) is 0 Å². The van der Waals surface area contributed by atoms with Gasteiger partial charge in [0.2, 0.25) is 5.91 Å². The Morgan fingerprint density at radius 1 is 1.46 bits per heavy atom. The van der Waals surface area contributed by atoms with Crippen LogP contribution in [0.3, 0.4) is 0 Å². The van der Waals surface area contributed by atoms with Gasteiger partial charge in [0, 0.05) is 13.1 Å². The summed E-state index contributed by atoms with van der Waals surface area (Å²) >= 11 is 5.49. The van der Waals surface area contributed by atoms with Crippen LogP contribution in [0.15, 0.2) is 0 Å². The van der Waals surface area contributed by atoms with E-state index in [9.17, 15) is 4.79 Å². The summed E-state index contributed by atoms with van der Waals surface area (Å²) in [6, 6.07) is 0. The largest absolute Gasteiger partial charge is 0.342 e. The Hall–Kier alpha value is -0.240. The number of halogens is 1. The predicted molar refractivity (Wildman–Crippen MR) is 54.9 cm³/mol. The van der Waals surface area contributed by atoms with Crippen molar-refractivity contribution in [3.05, 3.63) is 0 Å². The lowest BCUT2D eigenvalue weighted by Gasteiger charge is -2.33. The maximum Gasteiger partial charge on any atom is 0.237 e. The molecule has 13 heavy (non-hydrogen) atoms. The molecule has 1 amide bonds. The highest BCUT2D eigenvalue weighted by Crippen LogP contribution is 2.24. The lowest BCUT2D eigenvalue weighted by atomic mass is 9.87. The van der Waals surface area contributed by atoms with E-state index >= 15 is 0 Å². The number of hydrogen-bond acceptors (Lipinski definition) is 1. The summed E-state index contributed by atoms with van der Waals surface area (Å²) in [6.45, 7) is 6.30. The lowest BCUT2D eigenvalue weighted by molar-refractivity contribution is -0.130. The van der Waals surface area contributed by atoms with Gasteiger partial charge in [0.25, 0.3) is 0 Å². The summed E-state index contributed by atoms with van der Waals surface area (Å²) in [4.78, 5) is 13.1. The summed E-state index contributed by atoms with van der Waals surface area (Å²) in [6.07, 6.45) is 2.28. The van der Waals surface area contributed by atoms with Gasteiger partial charge >= 0.3 is 0 Å². The molecule has 2 nitrogen and oxygen atoms in total. The van der Waals surface area contributed by atoms with Crippen molar-refractivity contribution in [2.75, 3.05) is 19.0 Å². The van der Waals surface area contributed by atoms with E-state index in [1.54, 1.807) is 0 Å². The second-order valence-corrected chi connectivity index (χ2v) is 4.36. The number of nitrogens with zero attached hydrogens (tertiary/aromatic N) is 1. The highest BCUT2D eigenvalue weighted by molar-refractivity contribution is 6.27. The predicted octanol–water partition coefficient (Wildman–Crippen LogP) is 2.12. The first-order chi connectivity index (χ1) is 6.15. The summed E-state index contributed by atoms with van der Waals surface area (Å²) < 4.78 is 0. The number of rotatable bonds is 2. The number of likely N-dealkylation sites (tertiary alicyclic amines) is 1. The zero-order chi connectivity index (χ0) is 9.84. The number of hydrogen-bond donors (Lipinski definition) is 0. The van der Waals surface area contributed by atoms with Gasteiger partial charge in [0.15, 0.2) is 0 Å². The number of carbonyl (C=O) groups is 1. The van der Waals surface area contributed by atoms with Crippen LogP contribution in [0.4, 0.5) is 0 Å². The van der Waals surface area contributed by atoms with Crippen LogP contribution in [0.25, 0.3) is 0 Å². The highest BCUT2D eigenvalue weighted by atomic mass is 35.5. The third kappa shape index (κ3) is 2.87. The minimum absolute atomic E-state index is 0.0869. The first kappa shape index (κ1) is 10.8. The molecule has 0 atom stereocenters. The van der Waals surface area contributed by atoms with Gasteiger partial charge in [-0.05, 0) is 24.7 Å². The zero-order valence-corrected chi connectivity index (χ0v) is 9.18. The first-order valence-electron chi connectivity index (χ1n) is 4.99. The van der Waals surface area contributed by atoms with Crippen LogP contribution in [-0.2, 0) is 4.79 Å². The number of carbonyl (C=O) groups excluding carboxylic acids is 1. The number of piperidine rings is 1. The van der Waals surface area contributed by atoms with Crippen molar-refractivity contribution in [1.29, 1.82) is 0 Å². The van der Waals surface area contributed by atoms with Crippen molar-refractivity contribution < 1.29 is 4.79 Å². The standard InChI is InChI=1S/C10H18ClNO/c1-8(2)9-3-5-12(6-4-9)10(13)7-11/h8-9H,3-7H2,1-2H3. The molecule has 0 aromatic heterocycles. The van der Waals surface area contributed by atoms with E-state index < -0.39 is 0 Å². The molecule has 0 aliphatic carbocycles. The van der Waals surface area contributed by atoms with Crippen molar-refractivity contribution in [3.63, 3.8) is 0 Å². The van der Waals surface area contributed by atoms with Crippen LogP contribution in [0, 0.1) is 11.8 Å². The average Bonchev–Trinajstić information content (AvgIpc) is 2.17. The van der Waals surface area contributed by atoms with E-state index in [0.29, 0.717) is 0 Å². The summed E-state index contributed by atoms with van der Waals surface area (Å²) in [5.41, 5.74) is 0. The van der Waals surface area contributed by atoms with Gasteiger partial charge in [-0.15, -0.1) is 11.6 Å². The molecule has 3 heteroatoms. The minimum Gasteiger partial charge on any atom is -0.342 e. The van der Waals surface area contributed by atoms with Gasteiger partial charge in [-0.1, -0.05) is 13.8 Å². The SMILES string of the molecule is CC(C)C1CCN(C(=O)CCl)CC1. The van der Waals surface area contributed by atoms with Gasteiger partial charge in [-0.25, -0.2) is 0 Å². The van der Waals surface area contributed by atoms with E-state index in [1.165, 1.54) is 0 Å². The zero-order valence-electron chi connectivity index (χ0n) is 8.42. The lowest BCUT2D eigenvalue weighted by Crippen LogP contribution is -2.40. The minimum atomic E-state index is 0.0869. The smallest absolute Gasteiger partial charge is 0.237 e. The van der Waals surface area contributed by atoms with Crippen LogP contribution in [-0.4, -0.2) is 29.8 Å². The van der Waals surface area contributed by atoms with Gasteiger partial charge in [-0.3, -0.25) is 4.79 Å². The van der Waals surface area contributed by atoms with Crippen molar-refractivity contribution >= 4 is 17.5 Å². The Bertz CT molecular complexity index is 174. The summed E-state index contributed by atoms with van der Waals surface area (Å²) in [5.74, 6) is 1.75. The molecule has 1 fully saturated rings. The Labute approximate surface area is 85.2 Å². The number of amides is 1. The molecule has 0 aromatic rings. The molecule has 0 bridgehead atoms. The summed E-state index contributed by atoms with van der Waals surface area (Å²) in [5, 5.41) is 0. The Balaban J connectivity index is 2.34.